The summed E-state index contributed by atoms with van der Waals surface area (Å²) in [6, 6.07) is 0.300. The van der Waals surface area contributed by atoms with E-state index in [0.29, 0.717) is 6.04 Å². The van der Waals surface area contributed by atoms with Gasteiger partial charge in [0.25, 0.3) is 0 Å². The lowest BCUT2D eigenvalue weighted by Crippen LogP contribution is -2.43. The van der Waals surface area contributed by atoms with Crippen molar-refractivity contribution in [2.24, 2.45) is 0 Å². The lowest BCUT2D eigenvalue weighted by molar-refractivity contribution is 0.0820. The van der Waals surface area contributed by atoms with E-state index in [1.807, 2.05) is 6.92 Å². The number of nitrogens with one attached hydrogen (secondary N) is 1. The Morgan fingerprint density at radius 1 is 1.38 bits per heavy atom. The normalized spacial score (nSPS) is 29.1. The van der Waals surface area contributed by atoms with Gasteiger partial charge in [-0.05, 0) is 19.8 Å². The van der Waals surface area contributed by atoms with Crippen LogP contribution in [0.15, 0.2) is 0 Å². The van der Waals surface area contributed by atoms with Gasteiger partial charge in [-0.3, -0.25) is 0 Å². The molecule has 3 heteroatoms. The predicted octanol–water partition coefficient (Wildman–Crippen LogP) is 0.916. The summed E-state index contributed by atoms with van der Waals surface area (Å²) in [5, 5.41) is 13.0. The quantitative estimate of drug-likeness (QED) is 0.629. The van der Waals surface area contributed by atoms with Crippen molar-refractivity contribution in [1.82, 2.24) is 5.32 Å². The maximum absolute atomic E-state index is 9.62. The van der Waals surface area contributed by atoms with E-state index in [0.717, 1.165) is 32.6 Å². The summed E-state index contributed by atoms with van der Waals surface area (Å²) in [5.41, 5.74) is 0. The summed E-state index contributed by atoms with van der Waals surface area (Å²) in [7, 11) is 0. The molecule has 0 bridgehead atoms. The molecular weight excluding hydrogens is 166 g/mol. The minimum atomic E-state index is -0.143. The van der Waals surface area contributed by atoms with Crippen LogP contribution < -0.4 is 5.32 Å². The average molecular weight is 187 g/mol. The van der Waals surface area contributed by atoms with Crippen molar-refractivity contribution >= 4 is 0 Å². The van der Waals surface area contributed by atoms with Crippen LogP contribution in [0.4, 0.5) is 0 Å². The van der Waals surface area contributed by atoms with E-state index < -0.39 is 0 Å². The maximum atomic E-state index is 9.62. The number of hydrogen-bond donors (Lipinski definition) is 2. The molecule has 0 amide bonds. The summed E-state index contributed by atoms with van der Waals surface area (Å²) in [6.07, 6.45) is 4.32. The van der Waals surface area contributed by atoms with Crippen LogP contribution >= 0.6 is 0 Å². The summed E-state index contributed by atoms with van der Waals surface area (Å²) in [5.74, 6) is 0. The Hall–Kier alpha value is -0.120. The highest BCUT2D eigenvalue weighted by Crippen LogP contribution is 2.17. The van der Waals surface area contributed by atoms with Gasteiger partial charge in [-0.15, -0.1) is 0 Å². The second-order valence-electron chi connectivity index (χ2n) is 3.61. The molecule has 0 aromatic carbocycles. The molecule has 1 aliphatic rings. The molecule has 13 heavy (non-hydrogen) atoms. The Kier molecular flexibility index (Phi) is 5.35. The van der Waals surface area contributed by atoms with Crippen LogP contribution in [-0.4, -0.2) is 37.0 Å². The number of aliphatic hydroxyl groups is 1. The molecule has 78 valence electrons. The Morgan fingerprint density at radius 2 is 2.15 bits per heavy atom. The van der Waals surface area contributed by atoms with E-state index >= 15 is 0 Å². The van der Waals surface area contributed by atoms with E-state index in [4.69, 9.17) is 4.74 Å². The van der Waals surface area contributed by atoms with Crippen LogP contribution in [0.5, 0.6) is 0 Å². The van der Waals surface area contributed by atoms with Crippen LogP contribution in [0.25, 0.3) is 0 Å². The SMILES string of the molecule is CCOCCNC1CCCCC1O. The number of ether oxygens (including phenoxy) is 1. The van der Waals surface area contributed by atoms with Gasteiger partial charge in [0.05, 0.1) is 12.7 Å². The van der Waals surface area contributed by atoms with E-state index in [-0.39, 0.29) is 6.10 Å². The zero-order valence-corrected chi connectivity index (χ0v) is 8.46. The van der Waals surface area contributed by atoms with E-state index in [2.05, 4.69) is 5.32 Å². The van der Waals surface area contributed by atoms with Crippen molar-refractivity contribution in [3.8, 4) is 0 Å². The molecule has 0 aliphatic heterocycles. The van der Waals surface area contributed by atoms with Crippen molar-refractivity contribution in [2.75, 3.05) is 19.8 Å². The summed E-state index contributed by atoms with van der Waals surface area (Å²) < 4.78 is 5.22. The Bertz CT molecular complexity index is 130. The molecule has 1 saturated carbocycles. The van der Waals surface area contributed by atoms with Crippen LogP contribution in [0.1, 0.15) is 32.6 Å². The third-order valence-corrected chi connectivity index (χ3v) is 2.59. The van der Waals surface area contributed by atoms with Gasteiger partial charge in [0, 0.05) is 19.2 Å². The standard InChI is InChI=1S/C10H21NO2/c1-2-13-8-7-11-9-5-3-4-6-10(9)12/h9-12H,2-8H2,1H3. The van der Waals surface area contributed by atoms with Gasteiger partial charge in [0.2, 0.25) is 0 Å². The van der Waals surface area contributed by atoms with E-state index in [9.17, 15) is 5.11 Å². The lowest BCUT2D eigenvalue weighted by Gasteiger charge is -2.28. The first-order valence-corrected chi connectivity index (χ1v) is 5.33. The minimum Gasteiger partial charge on any atom is -0.392 e. The van der Waals surface area contributed by atoms with Crippen molar-refractivity contribution in [3.63, 3.8) is 0 Å². The second-order valence-corrected chi connectivity index (χ2v) is 3.61. The molecule has 2 N–H and O–H groups in total. The van der Waals surface area contributed by atoms with Crippen LogP contribution in [-0.2, 0) is 4.74 Å². The minimum absolute atomic E-state index is 0.143. The molecule has 0 radical (unpaired) electrons. The van der Waals surface area contributed by atoms with Crippen molar-refractivity contribution in [3.05, 3.63) is 0 Å². The fourth-order valence-electron chi connectivity index (χ4n) is 1.81. The molecular formula is C10H21NO2. The van der Waals surface area contributed by atoms with Crippen molar-refractivity contribution in [2.45, 2.75) is 44.8 Å². The Morgan fingerprint density at radius 3 is 2.85 bits per heavy atom. The molecule has 0 heterocycles. The predicted molar refractivity (Wildman–Crippen MR) is 52.8 cm³/mol. The van der Waals surface area contributed by atoms with Gasteiger partial charge >= 0.3 is 0 Å². The number of aliphatic hydroxyl groups excluding tert-OH is 1. The van der Waals surface area contributed by atoms with Gasteiger partial charge in [0.15, 0.2) is 0 Å². The Labute approximate surface area is 80.5 Å². The highest BCUT2D eigenvalue weighted by Gasteiger charge is 2.21. The number of rotatable bonds is 5. The summed E-state index contributed by atoms with van der Waals surface area (Å²) in [4.78, 5) is 0. The first-order chi connectivity index (χ1) is 6.34. The molecule has 0 aromatic heterocycles. The fraction of sp³-hybridized carbons (Fsp3) is 1.00. The molecule has 2 unspecified atom stereocenters. The molecule has 1 rings (SSSR count). The molecule has 2 atom stereocenters. The Balaban J connectivity index is 2.05. The van der Waals surface area contributed by atoms with E-state index in [1.165, 1.54) is 12.8 Å². The molecule has 3 nitrogen and oxygen atoms in total. The second kappa shape index (κ2) is 6.35. The maximum Gasteiger partial charge on any atom is 0.0693 e. The highest BCUT2D eigenvalue weighted by molar-refractivity contribution is 4.79. The van der Waals surface area contributed by atoms with Crippen LogP contribution in [0, 0.1) is 0 Å². The first kappa shape index (κ1) is 11.0. The molecule has 0 saturated heterocycles. The third-order valence-electron chi connectivity index (χ3n) is 2.59. The molecule has 0 aromatic rings. The zero-order chi connectivity index (χ0) is 9.52. The fourth-order valence-corrected chi connectivity index (χ4v) is 1.81. The van der Waals surface area contributed by atoms with Gasteiger partial charge in [0.1, 0.15) is 0 Å². The zero-order valence-electron chi connectivity index (χ0n) is 8.46. The van der Waals surface area contributed by atoms with E-state index in [1.54, 1.807) is 0 Å². The largest absolute Gasteiger partial charge is 0.392 e. The van der Waals surface area contributed by atoms with Gasteiger partial charge in [-0.2, -0.15) is 0 Å². The smallest absolute Gasteiger partial charge is 0.0693 e. The molecule has 1 fully saturated rings. The lowest BCUT2D eigenvalue weighted by atomic mass is 9.93. The first-order valence-electron chi connectivity index (χ1n) is 5.33. The molecule has 0 spiro atoms. The summed E-state index contributed by atoms with van der Waals surface area (Å²) >= 11 is 0. The van der Waals surface area contributed by atoms with Crippen LogP contribution in [0.2, 0.25) is 0 Å². The van der Waals surface area contributed by atoms with Crippen molar-refractivity contribution in [1.29, 1.82) is 0 Å². The van der Waals surface area contributed by atoms with Gasteiger partial charge in [-0.25, -0.2) is 0 Å². The van der Waals surface area contributed by atoms with Crippen LogP contribution in [0.3, 0.4) is 0 Å². The van der Waals surface area contributed by atoms with Crippen molar-refractivity contribution < 1.29 is 9.84 Å². The van der Waals surface area contributed by atoms with Gasteiger partial charge < -0.3 is 15.2 Å². The topological polar surface area (TPSA) is 41.5 Å². The van der Waals surface area contributed by atoms with Gasteiger partial charge in [-0.1, -0.05) is 12.8 Å². The number of hydrogen-bond acceptors (Lipinski definition) is 3. The molecule has 1 aliphatic carbocycles. The monoisotopic (exact) mass is 187 g/mol. The summed E-state index contributed by atoms with van der Waals surface area (Å²) in [6.45, 7) is 4.37. The third kappa shape index (κ3) is 4.07. The average Bonchev–Trinajstić information content (AvgIpc) is 2.15. The highest BCUT2D eigenvalue weighted by atomic mass is 16.5.